The van der Waals surface area contributed by atoms with Gasteiger partial charge in [-0.15, -0.1) is 0 Å². The van der Waals surface area contributed by atoms with Crippen molar-refractivity contribution in [3.63, 3.8) is 0 Å². The van der Waals surface area contributed by atoms with Gasteiger partial charge in [0.2, 0.25) is 0 Å². The maximum Gasteiger partial charge on any atom is 0.337 e. The fourth-order valence-corrected chi connectivity index (χ4v) is 6.41. The zero-order valence-electron chi connectivity index (χ0n) is 20.2. The van der Waals surface area contributed by atoms with E-state index >= 15 is 0 Å². The van der Waals surface area contributed by atoms with E-state index in [9.17, 15) is 13.2 Å². The highest BCUT2D eigenvalue weighted by Crippen LogP contribution is 2.52. The van der Waals surface area contributed by atoms with Crippen LogP contribution in [0, 0.1) is 19.8 Å². The molecule has 3 aromatic rings. The van der Waals surface area contributed by atoms with Gasteiger partial charge in [-0.1, -0.05) is 29.8 Å². The smallest absolute Gasteiger partial charge is 0.337 e. The number of anilines is 2. The van der Waals surface area contributed by atoms with Crippen LogP contribution in [-0.4, -0.2) is 28.1 Å². The van der Waals surface area contributed by atoms with E-state index in [-0.39, 0.29) is 23.0 Å². The van der Waals surface area contributed by atoms with Gasteiger partial charge in [-0.3, -0.25) is 4.72 Å². The third kappa shape index (κ3) is 4.45. The van der Waals surface area contributed by atoms with Gasteiger partial charge in [0.1, 0.15) is 0 Å². The summed E-state index contributed by atoms with van der Waals surface area (Å²) in [5.74, 6) is -0.319. The van der Waals surface area contributed by atoms with Crippen LogP contribution >= 0.6 is 11.6 Å². The summed E-state index contributed by atoms with van der Waals surface area (Å²) in [6, 6.07) is 15.7. The number of aryl methyl sites for hydroxylation is 2. The van der Waals surface area contributed by atoms with Crippen LogP contribution in [0.5, 0.6) is 0 Å². The lowest BCUT2D eigenvalue weighted by Crippen LogP contribution is -2.30. The first kappa shape index (κ1) is 24.6. The van der Waals surface area contributed by atoms with Crippen molar-refractivity contribution in [2.75, 3.05) is 23.8 Å². The summed E-state index contributed by atoms with van der Waals surface area (Å²) in [7, 11) is -2.52. The van der Waals surface area contributed by atoms with Crippen molar-refractivity contribution < 1.29 is 22.7 Å². The van der Waals surface area contributed by atoms with Crippen LogP contribution in [0.2, 0.25) is 5.02 Å². The minimum atomic E-state index is -3.87. The quantitative estimate of drug-likeness (QED) is 0.409. The number of methoxy groups -OCH3 is 1. The second-order valence-corrected chi connectivity index (χ2v) is 11.3. The van der Waals surface area contributed by atoms with Crippen LogP contribution in [-0.2, 0) is 19.5 Å². The standard InChI is InChI=1S/C27H27ClN2O5S/c1-15-4-9-19(12-16(15)2)30-36(32,33)20-13-22-25(23(28)14-20)29-24(21-10-11-35-26(21)22)17-5-7-18(8-6-17)27(31)34-3/h4-9,12-14,21,24,26,29-30H,10-11H2,1-3H3/t21-,24?,26?/m0/s1. The summed E-state index contributed by atoms with van der Waals surface area (Å²) in [4.78, 5) is 11.9. The Morgan fingerprint density at radius 2 is 1.83 bits per heavy atom. The number of ether oxygens (including phenoxy) is 2. The topological polar surface area (TPSA) is 93.7 Å². The highest BCUT2D eigenvalue weighted by atomic mass is 35.5. The van der Waals surface area contributed by atoms with Crippen LogP contribution in [0.1, 0.15) is 51.2 Å². The molecule has 2 aliphatic heterocycles. The van der Waals surface area contributed by atoms with E-state index in [0.717, 1.165) is 28.7 Å². The molecule has 0 amide bonds. The second kappa shape index (κ2) is 9.42. The van der Waals surface area contributed by atoms with Crippen molar-refractivity contribution >= 4 is 39.0 Å². The molecule has 2 unspecified atom stereocenters. The molecule has 2 N–H and O–H groups in total. The van der Waals surface area contributed by atoms with Crippen LogP contribution in [0.3, 0.4) is 0 Å². The van der Waals surface area contributed by atoms with Crippen LogP contribution in [0.25, 0.3) is 0 Å². The monoisotopic (exact) mass is 526 g/mol. The summed E-state index contributed by atoms with van der Waals surface area (Å²) in [6.07, 6.45) is 0.497. The zero-order valence-corrected chi connectivity index (χ0v) is 21.7. The second-order valence-electron chi connectivity index (χ2n) is 9.25. The third-order valence-electron chi connectivity index (χ3n) is 7.03. The molecule has 188 valence electrons. The Kier molecular flexibility index (Phi) is 6.44. The summed E-state index contributed by atoms with van der Waals surface area (Å²) >= 11 is 6.66. The van der Waals surface area contributed by atoms with Crippen LogP contribution < -0.4 is 10.0 Å². The molecule has 36 heavy (non-hydrogen) atoms. The Labute approximate surface area is 215 Å². The van der Waals surface area contributed by atoms with Crippen LogP contribution in [0.4, 0.5) is 11.4 Å². The molecule has 1 fully saturated rings. The molecule has 3 atom stereocenters. The lowest BCUT2D eigenvalue weighted by Gasteiger charge is -2.37. The van der Waals surface area contributed by atoms with Crippen LogP contribution in [0.15, 0.2) is 59.5 Å². The average molecular weight is 527 g/mol. The van der Waals surface area contributed by atoms with Crippen molar-refractivity contribution in [3.8, 4) is 0 Å². The van der Waals surface area contributed by atoms with Crippen molar-refractivity contribution in [3.05, 3.63) is 87.4 Å². The number of carbonyl (C=O) groups is 1. The number of nitrogens with one attached hydrogen (secondary N) is 2. The Hall–Kier alpha value is -3.07. The zero-order chi connectivity index (χ0) is 25.6. The number of carbonyl (C=O) groups excluding carboxylic acids is 1. The molecule has 0 radical (unpaired) electrons. The number of fused-ring (bicyclic) bond motifs is 3. The maximum atomic E-state index is 13.3. The lowest BCUT2D eigenvalue weighted by atomic mass is 9.81. The minimum Gasteiger partial charge on any atom is -0.465 e. The number of halogens is 1. The van der Waals surface area contributed by atoms with Gasteiger partial charge in [0.15, 0.2) is 0 Å². The average Bonchev–Trinajstić information content (AvgIpc) is 3.36. The number of sulfonamides is 1. The first-order chi connectivity index (χ1) is 17.2. The molecule has 1 saturated heterocycles. The summed E-state index contributed by atoms with van der Waals surface area (Å²) in [6.45, 7) is 4.47. The predicted octanol–water partition coefficient (Wildman–Crippen LogP) is 5.79. The molecular weight excluding hydrogens is 500 g/mol. The fraction of sp³-hybridized carbons (Fsp3) is 0.296. The Morgan fingerprint density at radius 1 is 1.08 bits per heavy atom. The van der Waals surface area contributed by atoms with Gasteiger partial charge in [0.25, 0.3) is 10.0 Å². The van der Waals surface area contributed by atoms with E-state index in [1.54, 1.807) is 30.3 Å². The number of rotatable bonds is 5. The highest BCUT2D eigenvalue weighted by Gasteiger charge is 2.43. The van der Waals surface area contributed by atoms with Gasteiger partial charge in [-0.25, -0.2) is 13.2 Å². The van der Waals surface area contributed by atoms with Gasteiger partial charge >= 0.3 is 5.97 Å². The Bertz CT molecular complexity index is 1440. The summed E-state index contributed by atoms with van der Waals surface area (Å²) in [5, 5.41) is 3.82. The first-order valence-electron chi connectivity index (χ1n) is 11.7. The molecule has 2 heterocycles. The van der Waals surface area contributed by atoms with E-state index in [0.29, 0.717) is 28.6 Å². The Morgan fingerprint density at radius 3 is 2.53 bits per heavy atom. The van der Waals surface area contributed by atoms with Crippen molar-refractivity contribution in [1.82, 2.24) is 0 Å². The molecular formula is C27H27ClN2O5S. The molecule has 9 heteroatoms. The third-order valence-corrected chi connectivity index (χ3v) is 8.69. The number of hydrogen-bond donors (Lipinski definition) is 2. The Balaban J connectivity index is 1.48. The van der Waals surface area contributed by atoms with Gasteiger partial charge in [0, 0.05) is 23.8 Å². The maximum absolute atomic E-state index is 13.3. The van der Waals surface area contributed by atoms with Gasteiger partial charge < -0.3 is 14.8 Å². The van der Waals surface area contributed by atoms with E-state index in [2.05, 4.69) is 10.0 Å². The molecule has 0 saturated carbocycles. The number of esters is 1. The molecule has 5 rings (SSSR count). The largest absolute Gasteiger partial charge is 0.465 e. The first-order valence-corrected chi connectivity index (χ1v) is 13.5. The van der Waals surface area contributed by atoms with E-state index in [1.807, 2.05) is 32.0 Å². The molecule has 2 aliphatic rings. The molecule has 3 aromatic carbocycles. The van der Waals surface area contributed by atoms with E-state index in [4.69, 9.17) is 21.1 Å². The molecule has 0 aromatic heterocycles. The van der Waals surface area contributed by atoms with E-state index in [1.165, 1.54) is 13.2 Å². The normalized spacial score (nSPS) is 20.7. The van der Waals surface area contributed by atoms with Crippen molar-refractivity contribution in [1.29, 1.82) is 0 Å². The summed E-state index contributed by atoms with van der Waals surface area (Å²) in [5.41, 5.74) is 5.42. The van der Waals surface area contributed by atoms with Gasteiger partial charge in [0.05, 0.1) is 40.4 Å². The molecule has 0 aliphatic carbocycles. The SMILES string of the molecule is COC(=O)c1ccc(C2Nc3c(Cl)cc(S(=O)(=O)Nc4ccc(C)c(C)c4)cc3C3OCC[C@@H]23)cc1. The molecule has 0 spiro atoms. The number of hydrogen-bond acceptors (Lipinski definition) is 6. The summed E-state index contributed by atoms with van der Waals surface area (Å²) < 4.78 is 40.1. The minimum absolute atomic E-state index is 0.0724. The van der Waals surface area contributed by atoms with Gasteiger partial charge in [-0.05, 0) is 73.4 Å². The van der Waals surface area contributed by atoms with Crippen molar-refractivity contribution in [2.45, 2.75) is 37.3 Å². The number of benzene rings is 3. The highest BCUT2D eigenvalue weighted by molar-refractivity contribution is 7.92. The fourth-order valence-electron chi connectivity index (χ4n) is 4.96. The van der Waals surface area contributed by atoms with Gasteiger partial charge in [-0.2, -0.15) is 0 Å². The van der Waals surface area contributed by atoms with E-state index < -0.39 is 16.0 Å². The van der Waals surface area contributed by atoms with Crippen molar-refractivity contribution in [2.24, 2.45) is 5.92 Å². The lowest BCUT2D eigenvalue weighted by molar-refractivity contribution is 0.0600. The molecule has 0 bridgehead atoms. The predicted molar refractivity (Wildman–Crippen MR) is 139 cm³/mol. The molecule has 7 nitrogen and oxygen atoms in total.